The van der Waals surface area contributed by atoms with E-state index in [1.165, 1.54) is 30.8 Å². The molecule has 0 bridgehead atoms. The number of fused-ring (bicyclic) bond motifs is 1. The monoisotopic (exact) mass is 390 g/mol. The van der Waals surface area contributed by atoms with Crippen LogP contribution >= 0.6 is 0 Å². The van der Waals surface area contributed by atoms with E-state index in [4.69, 9.17) is 4.74 Å². The quantitative estimate of drug-likeness (QED) is 0.635. The Labute approximate surface area is 172 Å². The average molecular weight is 391 g/mol. The number of carbonyl (C=O) groups is 1. The molecule has 150 valence electrons. The van der Waals surface area contributed by atoms with Gasteiger partial charge in [0.15, 0.2) is 17.1 Å². The van der Waals surface area contributed by atoms with E-state index in [0.717, 1.165) is 30.0 Å². The van der Waals surface area contributed by atoms with Crippen molar-refractivity contribution >= 4 is 5.91 Å². The first kappa shape index (κ1) is 19.2. The molecule has 4 rings (SSSR count). The number of hydrogen-bond donors (Lipinski definition) is 0. The fourth-order valence-electron chi connectivity index (χ4n) is 4.08. The van der Waals surface area contributed by atoms with Crippen LogP contribution in [0.4, 0.5) is 0 Å². The van der Waals surface area contributed by atoms with E-state index >= 15 is 0 Å². The van der Waals surface area contributed by atoms with Crippen LogP contribution in [0.15, 0.2) is 54.7 Å². The molecule has 2 aromatic carbocycles. The zero-order valence-electron chi connectivity index (χ0n) is 17.4. The molecule has 0 N–H and O–H groups in total. The molecule has 29 heavy (non-hydrogen) atoms. The summed E-state index contributed by atoms with van der Waals surface area (Å²) in [5.74, 6) is 2.19. The lowest BCUT2D eigenvalue weighted by atomic mass is 10.1. The molecule has 0 unspecified atom stereocenters. The van der Waals surface area contributed by atoms with Crippen molar-refractivity contribution < 1.29 is 14.1 Å². The van der Waals surface area contributed by atoms with Crippen LogP contribution in [0.1, 0.15) is 35.4 Å². The first-order valence-electron chi connectivity index (χ1n) is 10.2. The Bertz CT molecular complexity index is 1020. The fraction of sp³-hybridized carbons (Fsp3) is 0.333. The summed E-state index contributed by atoms with van der Waals surface area (Å²) < 4.78 is 10.3. The highest BCUT2D eigenvalue weighted by molar-refractivity contribution is 5.94. The summed E-state index contributed by atoms with van der Waals surface area (Å²) in [5, 5.41) is 0. The number of hydrogen-bond acceptors (Lipinski definition) is 2. The van der Waals surface area contributed by atoms with Gasteiger partial charge in [0.2, 0.25) is 0 Å². The maximum atomic E-state index is 12.2. The van der Waals surface area contributed by atoms with Gasteiger partial charge in [-0.3, -0.25) is 4.79 Å². The predicted molar refractivity (Wildman–Crippen MR) is 114 cm³/mol. The average Bonchev–Trinajstić information content (AvgIpc) is 2.93. The molecule has 0 saturated heterocycles. The number of rotatable bonds is 4. The Morgan fingerprint density at radius 1 is 1.03 bits per heavy atom. The molecule has 0 saturated carbocycles. The normalized spacial score (nSPS) is 13.5. The van der Waals surface area contributed by atoms with Crippen LogP contribution in [-0.4, -0.2) is 36.6 Å². The summed E-state index contributed by atoms with van der Waals surface area (Å²) in [6, 6.07) is 16.1. The first-order chi connectivity index (χ1) is 14.1. The maximum absolute atomic E-state index is 12.2. The van der Waals surface area contributed by atoms with Crippen molar-refractivity contribution in [3.63, 3.8) is 0 Å². The summed E-state index contributed by atoms with van der Waals surface area (Å²) in [6.45, 7) is 1.01. The van der Waals surface area contributed by atoms with Crippen molar-refractivity contribution in [1.29, 1.82) is 0 Å². The number of nitrogens with zero attached hydrogens (tertiary/aromatic N) is 3. The van der Waals surface area contributed by atoms with Crippen molar-refractivity contribution in [3.8, 4) is 22.7 Å². The van der Waals surface area contributed by atoms with Crippen molar-refractivity contribution in [2.24, 2.45) is 0 Å². The van der Waals surface area contributed by atoms with Gasteiger partial charge in [-0.1, -0.05) is 12.1 Å². The largest absolute Gasteiger partial charge is 0.492 e. The molecule has 0 aliphatic carbocycles. The maximum Gasteiger partial charge on any atom is 0.262 e. The van der Waals surface area contributed by atoms with Gasteiger partial charge in [-0.2, -0.15) is 4.57 Å². The van der Waals surface area contributed by atoms with E-state index in [2.05, 4.69) is 33.5 Å². The zero-order valence-corrected chi connectivity index (χ0v) is 17.4. The number of aromatic nitrogens is 2. The van der Waals surface area contributed by atoms with Gasteiger partial charge in [-0.15, -0.1) is 0 Å². The highest BCUT2D eigenvalue weighted by Crippen LogP contribution is 2.27. The second-order valence-electron chi connectivity index (χ2n) is 7.71. The van der Waals surface area contributed by atoms with Crippen LogP contribution in [0.3, 0.4) is 0 Å². The van der Waals surface area contributed by atoms with Gasteiger partial charge in [0.1, 0.15) is 6.20 Å². The van der Waals surface area contributed by atoms with E-state index in [0.29, 0.717) is 5.56 Å². The summed E-state index contributed by atoms with van der Waals surface area (Å²) in [5.41, 5.74) is 4.07. The second kappa shape index (κ2) is 8.11. The highest BCUT2D eigenvalue weighted by Gasteiger charge is 2.28. The Morgan fingerprint density at radius 2 is 1.79 bits per heavy atom. The van der Waals surface area contributed by atoms with Gasteiger partial charge in [0.05, 0.1) is 13.7 Å². The van der Waals surface area contributed by atoms with Gasteiger partial charge in [-0.25, -0.2) is 4.57 Å². The summed E-state index contributed by atoms with van der Waals surface area (Å²) in [6.07, 6.45) is 6.85. The molecule has 0 radical (unpaired) electrons. The van der Waals surface area contributed by atoms with Crippen LogP contribution in [0, 0.1) is 0 Å². The summed E-state index contributed by atoms with van der Waals surface area (Å²) in [7, 11) is 5.27. The number of amides is 1. The molecule has 0 spiro atoms. The van der Waals surface area contributed by atoms with Gasteiger partial charge < -0.3 is 9.64 Å². The molecule has 3 aromatic rings. The van der Waals surface area contributed by atoms with Crippen molar-refractivity contribution in [2.75, 3.05) is 21.2 Å². The molecule has 5 nitrogen and oxygen atoms in total. The van der Waals surface area contributed by atoms with Crippen LogP contribution in [0.25, 0.3) is 16.9 Å². The number of methoxy groups -OCH3 is 1. The molecule has 0 atom stereocenters. The third-order valence-electron chi connectivity index (χ3n) is 5.59. The molecular weight excluding hydrogens is 362 g/mol. The minimum Gasteiger partial charge on any atom is -0.492 e. The topological polar surface area (TPSA) is 38.4 Å². The predicted octanol–water partition coefficient (Wildman–Crippen LogP) is 3.87. The van der Waals surface area contributed by atoms with E-state index in [1.54, 1.807) is 26.1 Å². The lowest BCUT2D eigenvalue weighted by Gasteiger charge is -2.10. The van der Waals surface area contributed by atoms with E-state index in [9.17, 15) is 4.79 Å². The molecule has 0 fully saturated rings. The number of carbonyl (C=O) groups excluding carboxylic acids is 1. The molecule has 1 aliphatic heterocycles. The van der Waals surface area contributed by atoms with Crippen molar-refractivity contribution in [2.45, 2.75) is 32.2 Å². The van der Waals surface area contributed by atoms with Gasteiger partial charge in [0.25, 0.3) is 11.7 Å². The minimum atomic E-state index is 0.0228. The number of benzene rings is 2. The first-order valence-corrected chi connectivity index (χ1v) is 10.2. The van der Waals surface area contributed by atoms with E-state index in [1.807, 2.05) is 30.3 Å². The zero-order chi connectivity index (χ0) is 20.4. The Balaban J connectivity index is 1.82. The molecule has 5 heteroatoms. The lowest BCUT2D eigenvalue weighted by molar-refractivity contribution is -0.604. The fourth-order valence-corrected chi connectivity index (χ4v) is 4.08. The van der Waals surface area contributed by atoms with Crippen molar-refractivity contribution in [1.82, 2.24) is 9.47 Å². The van der Waals surface area contributed by atoms with Crippen molar-refractivity contribution in [3.05, 3.63) is 66.1 Å². The van der Waals surface area contributed by atoms with Crippen LogP contribution in [0.5, 0.6) is 5.75 Å². The Kier molecular flexibility index (Phi) is 5.38. The summed E-state index contributed by atoms with van der Waals surface area (Å²) in [4.78, 5) is 13.8. The standard InChI is InChI=1S/C24H28N3O2/c1-25(2)24(28)19-14-12-18(13-15-19)21-17-27(20-9-6-7-10-22(20)29-3)23-11-5-4-8-16-26(21)23/h6-7,9-10,12-15,17H,4-5,8,11,16H2,1-3H3/q+1. The third-order valence-corrected chi connectivity index (χ3v) is 5.59. The molecular formula is C24H28N3O2+. The van der Waals surface area contributed by atoms with E-state index < -0.39 is 0 Å². The SMILES string of the molecule is COc1ccccc1-[n+]1cc(-c2ccc(C(=O)N(C)C)cc2)n2c1CCCCC2. The van der Waals surface area contributed by atoms with Gasteiger partial charge >= 0.3 is 0 Å². The van der Waals surface area contributed by atoms with Gasteiger partial charge in [-0.05, 0) is 55.7 Å². The van der Waals surface area contributed by atoms with Crippen LogP contribution < -0.4 is 9.30 Å². The molecule has 2 heterocycles. The number of ether oxygens (including phenoxy) is 1. The lowest BCUT2D eigenvalue weighted by Crippen LogP contribution is -2.34. The Morgan fingerprint density at radius 3 is 2.52 bits per heavy atom. The third kappa shape index (κ3) is 3.65. The second-order valence-corrected chi connectivity index (χ2v) is 7.71. The number of imidazole rings is 1. The number of para-hydroxylation sites is 2. The van der Waals surface area contributed by atoms with Crippen LogP contribution in [-0.2, 0) is 13.0 Å². The smallest absolute Gasteiger partial charge is 0.262 e. The summed E-state index contributed by atoms with van der Waals surface area (Å²) >= 11 is 0. The minimum absolute atomic E-state index is 0.0228. The highest BCUT2D eigenvalue weighted by atomic mass is 16.5. The molecule has 1 amide bonds. The Hall–Kier alpha value is -3.08. The molecule has 1 aliphatic rings. The molecule has 1 aromatic heterocycles. The van der Waals surface area contributed by atoms with Gasteiger partial charge in [0, 0.05) is 31.6 Å². The van der Waals surface area contributed by atoms with Crippen LogP contribution in [0.2, 0.25) is 0 Å². The van der Waals surface area contributed by atoms with E-state index in [-0.39, 0.29) is 5.91 Å².